The predicted molar refractivity (Wildman–Crippen MR) is 89.9 cm³/mol. The minimum atomic E-state index is -1.20. The molecule has 0 aliphatic heterocycles. The van der Waals surface area contributed by atoms with E-state index in [4.69, 9.17) is 17.3 Å². The van der Waals surface area contributed by atoms with Crippen LogP contribution >= 0.6 is 11.6 Å². The number of fused-ring (bicyclic) bond motifs is 1. The van der Waals surface area contributed by atoms with Gasteiger partial charge in [-0.3, -0.25) is 4.21 Å². The lowest BCUT2D eigenvalue weighted by Crippen LogP contribution is -1.99. The highest BCUT2D eigenvalue weighted by Gasteiger charge is 2.11. The Morgan fingerprint density at radius 3 is 2.57 bits per heavy atom. The quantitative estimate of drug-likeness (QED) is 0.729. The lowest BCUT2D eigenvalue weighted by atomic mass is 10.1. The summed E-state index contributed by atoms with van der Waals surface area (Å²) in [5.74, 6) is 0.436. The van der Waals surface area contributed by atoms with Crippen molar-refractivity contribution in [1.29, 1.82) is 0 Å². The molecule has 4 heteroatoms. The van der Waals surface area contributed by atoms with Crippen molar-refractivity contribution in [3.8, 4) is 0 Å². The molecule has 1 atom stereocenters. The zero-order chi connectivity index (χ0) is 14.8. The van der Waals surface area contributed by atoms with Crippen molar-refractivity contribution in [2.24, 2.45) is 0 Å². The molecule has 106 valence electrons. The van der Waals surface area contributed by atoms with Gasteiger partial charge in [-0.15, -0.1) is 0 Å². The minimum Gasteiger partial charge on any atom is -0.399 e. The molecule has 0 aliphatic carbocycles. The zero-order valence-corrected chi connectivity index (χ0v) is 12.8. The Balaban J connectivity index is 1.97. The topological polar surface area (TPSA) is 43.1 Å². The Bertz CT molecular complexity index is 827. The lowest BCUT2D eigenvalue weighted by Gasteiger charge is -2.08. The molecule has 0 amide bonds. The molecule has 0 aliphatic rings. The molecule has 3 aromatic carbocycles. The van der Waals surface area contributed by atoms with Gasteiger partial charge in [0.25, 0.3) is 0 Å². The van der Waals surface area contributed by atoms with Gasteiger partial charge in [0, 0.05) is 5.69 Å². The van der Waals surface area contributed by atoms with Crippen molar-refractivity contribution < 1.29 is 4.21 Å². The summed E-state index contributed by atoms with van der Waals surface area (Å²) < 4.78 is 12.6. The molecule has 2 nitrogen and oxygen atoms in total. The van der Waals surface area contributed by atoms with Crippen molar-refractivity contribution in [1.82, 2.24) is 0 Å². The molecular formula is C17H14ClNOS. The van der Waals surface area contributed by atoms with Crippen LogP contribution in [-0.4, -0.2) is 4.21 Å². The Morgan fingerprint density at radius 2 is 1.76 bits per heavy atom. The van der Waals surface area contributed by atoms with Crippen LogP contribution in [0.3, 0.4) is 0 Å². The van der Waals surface area contributed by atoms with Gasteiger partial charge >= 0.3 is 0 Å². The van der Waals surface area contributed by atoms with Crippen LogP contribution in [-0.2, 0) is 16.6 Å². The van der Waals surface area contributed by atoms with Gasteiger partial charge in [0.2, 0.25) is 0 Å². The summed E-state index contributed by atoms with van der Waals surface area (Å²) in [6.07, 6.45) is 0. The summed E-state index contributed by atoms with van der Waals surface area (Å²) >= 11 is 6.14. The molecule has 21 heavy (non-hydrogen) atoms. The first-order chi connectivity index (χ1) is 10.1. The van der Waals surface area contributed by atoms with E-state index in [0.717, 1.165) is 16.3 Å². The molecular weight excluding hydrogens is 302 g/mol. The number of hydrogen-bond acceptors (Lipinski definition) is 2. The van der Waals surface area contributed by atoms with E-state index in [1.54, 1.807) is 18.2 Å². The van der Waals surface area contributed by atoms with Crippen LogP contribution in [0.15, 0.2) is 65.6 Å². The molecule has 0 spiro atoms. The second-order valence-electron chi connectivity index (χ2n) is 4.82. The van der Waals surface area contributed by atoms with Crippen LogP contribution in [0.25, 0.3) is 10.8 Å². The molecule has 0 radical (unpaired) electrons. The molecule has 1 unspecified atom stereocenters. The number of halogens is 1. The maximum absolute atomic E-state index is 12.6. The molecule has 0 saturated heterocycles. The maximum Gasteiger partial charge on any atom is 0.0589 e. The van der Waals surface area contributed by atoms with Gasteiger partial charge in [0.1, 0.15) is 0 Å². The first-order valence-electron chi connectivity index (χ1n) is 6.55. The highest BCUT2D eigenvalue weighted by atomic mass is 35.5. The summed E-state index contributed by atoms with van der Waals surface area (Å²) in [4.78, 5) is 0.624. The van der Waals surface area contributed by atoms with Gasteiger partial charge in [0.05, 0.1) is 26.5 Å². The highest BCUT2D eigenvalue weighted by molar-refractivity contribution is 7.84. The number of hydrogen-bond donors (Lipinski definition) is 1. The van der Waals surface area contributed by atoms with E-state index in [-0.39, 0.29) is 0 Å². The average molecular weight is 316 g/mol. The Morgan fingerprint density at radius 1 is 1.00 bits per heavy atom. The third kappa shape index (κ3) is 2.94. The van der Waals surface area contributed by atoms with Gasteiger partial charge in [-0.1, -0.05) is 54.1 Å². The molecule has 0 fully saturated rings. The van der Waals surface area contributed by atoms with Crippen LogP contribution in [0.2, 0.25) is 5.02 Å². The van der Waals surface area contributed by atoms with Gasteiger partial charge in [-0.05, 0) is 34.5 Å². The summed E-state index contributed by atoms with van der Waals surface area (Å²) in [5.41, 5.74) is 7.30. The first kappa shape index (κ1) is 14.1. The molecule has 0 aromatic heterocycles. The molecule has 3 aromatic rings. The standard InChI is InChI=1S/C17H14ClNOS/c18-16-10-14(19)8-9-17(16)21(20)11-13-6-3-5-12-4-1-2-7-15(12)13/h1-10H,11,19H2. The van der Waals surface area contributed by atoms with Crippen LogP contribution in [0.5, 0.6) is 0 Å². The van der Waals surface area contributed by atoms with E-state index in [1.165, 1.54) is 0 Å². The van der Waals surface area contributed by atoms with Crippen molar-refractivity contribution >= 4 is 38.9 Å². The Hall–Kier alpha value is -1.84. The summed E-state index contributed by atoms with van der Waals surface area (Å²) in [7, 11) is -1.20. The van der Waals surface area contributed by atoms with Crippen LogP contribution in [0, 0.1) is 0 Å². The second kappa shape index (κ2) is 5.88. The third-order valence-corrected chi connectivity index (χ3v) is 5.21. The Labute approximate surface area is 131 Å². The third-order valence-electron chi connectivity index (χ3n) is 3.37. The van der Waals surface area contributed by atoms with Crippen molar-refractivity contribution in [3.63, 3.8) is 0 Å². The SMILES string of the molecule is Nc1ccc(S(=O)Cc2cccc3ccccc23)c(Cl)c1. The lowest BCUT2D eigenvalue weighted by molar-refractivity contribution is 0.683. The predicted octanol–water partition coefficient (Wildman–Crippen LogP) is 4.38. The molecule has 2 N–H and O–H groups in total. The Kier molecular flexibility index (Phi) is 3.95. The fraction of sp³-hybridized carbons (Fsp3) is 0.0588. The summed E-state index contributed by atoms with van der Waals surface area (Å²) in [5, 5.41) is 2.73. The smallest absolute Gasteiger partial charge is 0.0589 e. The van der Waals surface area contributed by atoms with E-state index in [2.05, 4.69) is 12.1 Å². The van der Waals surface area contributed by atoms with E-state index in [1.807, 2.05) is 30.3 Å². The number of anilines is 1. The van der Waals surface area contributed by atoms with Gasteiger partial charge < -0.3 is 5.73 Å². The fourth-order valence-electron chi connectivity index (χ4n) is 2.34. The van der Waals surface area contributed by atoms with Crippen LogP contribution < -0.4 is 5.73 Å². The monoisotopic (exact) mass is 315 g/mol. The number of benzene rings is 3. The van der Waals surface area contributed by atoms with E-state index < -0.39 is 10.8 Å². The van der Waals surface area contributed by atoms with Crippen molar-refractivity contribution in [2.45, 2.75) is 10.6 Å². The minimum absolute atomic E-state index is 0.436. The largest absolute Gasteiger partial charge is 0.399 e. The number of nitrogen functional groups attached to an aromatic ring is 1. The summed E-state index contributed by atoms with van der Waals surface area (Å²) in [6.45, 7) is 0. The van der Waals surface area contributed by atoms with Gasteiger partial charge in [-0.2, -0.15) is 0 Å². The zero-order valence-electron chi connectivity index (χ0n) is 11.3. The maximum atomic E-state index is 12.6. The first-order valence-corrected chi connectivity index (χ1v) is 8.25. The van der Waals surface area contributed by atoms with E-state index >= 15 is 0 Å². The molecule has 0 bridgehead atoms. The fourth-order valence-corrected chi connectivity index (χ4v) is 3.97. The van der Waals surface area contributed by atoms with Crippen LogP contribution in [0.1, 0.15) is 5.56 Å². The summed E-state index contributed by atoms with van der Waals surface area (Å²) in [6, 6.07) is 19.2. The number of nitrogens with two attached hydrogens (primary N) is 1. The molecule has 3 rings (SSSR count). The van der Waals surface area contributed by atoms with Gasteiger partial charge in [-0.25, -0.2) is 0 Å². The van der Waals surface area contributed by atoms with E-state index in [0.29, 0.717) is 21.4 Å². The second-order valence-corrected chi connectivity index (χ2v) is 6.64. The van der Waals surface area contributed by atoms with Crippen molar-refractivity contribution in [3.05, 3.63) is 71.2 Å². The average Bonchev–Trinajstić information content (AvgIpc) is 2.47. The molecule has 0 saturated carbocycles. The normalized spacial score (nSPS) is 12.4. The van der Waals surface area contributed by atoms with Gasteiger partial charge in [0.15, 0.2) is 0 Å². The molecule has 0 heterocycles. The van der Waals surface area contributed by atoms with E-state index in [9.17, 15) is 4.21 Å². The number of rotatable bonds is 3. The van der Waals surface area contributed by atoms with Crippen LogP contribution in [0.4, 0.5) is 5.69 Å². The highest BCUT2D eigenvalue weighted by Crippen LogP contribution is 2.26. The van der Waals surface area contributed by atoms with Crippen molar-refractivity contribution in [2.75, 3.05) is 5.73 Å².